The van der Waals surface area contributed by atoms with Crippen molar-refractivity contribution in [3.8, 4) is 0 Å². The summed E-state index contributed by atoms with van der Waals surface area (Å²) in [6.45, 7) is 4.90. The molecule has 0 atom stereocenters. The quantitative estimate of drug-likeness (QED) is 0.882. The van der Waals surface area contributed by atoms with Crippen LogP contribution in [0, 0.1) is 6.92 Å². The van der Waals surface area contributed by atoms with Crippen molar-refractivity contribution < 1.29 is 0 Å². The fourth-order valence-electron chi connectivity index (χ4n) is 1.35. The van der Waals surface area contributed by atoms with Gasteiger partial charge in [0, 0.05) is 11.6 Å². The summed E-state index contributed by atoms with van der Waals surface area (Å²) in [5, 5.41) is 6.54. The van der Waals surface area contributed by atoms with Crippen LogP contribution in [-0.2, 0) is 13.0 Å². The van der Waals surface area contributed by atoms with Crippen LogP contribution >= 0.6 is 11.3 Å². The number of rotatable bonds is 4. The molecule has 2 aromatic heterocycles. The number of thiazole rings is 1. The topological polar surface area (TPSA) is 37.8 Å². The average Bonchev–Trinajstić information content (AvgIpc) is 2.76. The molecule has 0 aliphatic heterocycles. The van der Waals surface area contributed by atoms with Gasteiger partial charge in [0.1, 0.15) is 5.82 Å². The van der Waals surface area contributed by atoms with Crippen molar-refractivity contribution in [1.82, 2.24) is 9.97 Å². The Bertz CT molecular complexity index is 448. The van der Waals surface area contributed by atoms with Gasteiger partial charge in [0.05, 0.1) is 17.2 Å². The summed E-state index contributed by atoms with van der Waals surface area (Å²) in [7, 11) is 0. The van der Waals surface area contributed by atoms with E-state index in [4.69, 9.17) is 0 Å². The second kappa shape index (κ2) is 5.07. The Morgan fingerprint density at radius 2 is 2.25 bits per heavy atom. The van der Waals surface area contributed by atoms with Crippen molar-refractivity contribution >= 4 is 17.2 Å². The van der Waals surface area contributed by atoms with Crippen LogP contribution in [0.5, 0.6) is 0 Å². The number of aromatic nitrogens is 2. The molecule has 0 radical (unpaired) electrons. The van der Waals surface area contributed by atoms with E-state index < -0.39 is 0 Å². The van der Waals surface area contributed by atoms with Crippen molar-refractivity contribution in [2.45, 2.75) is 26.8 Å². The molecule has 4 heteroatoms. The van der Waals surface area contributed by atoms with Gasteiger partial charge in [0.25, 0.3) is 0 Å². The zero-order chi connectivity index (χ0) is 11.4. The molecule has 0 spiro atoms. The lowest BCUT2D eigenvalue weighted by Gasteiger charge is -2.03. The molecule has 0 saturated carbocycles. The van der Waals surface area contributed by atoms with Gasteiger partial charge in [0.15, 0.2) is 0 Å². The molecule has 0 fully saturated rings. The minimum absolute atomic E-state index is 0.743. The van der Waals surface area contributed by atoms with Gasteiger partial charge in [-0.3, -0.25) is 0 Å². The first-order valence-corrected chi connectivity index (χ1v) is 6.25. The first kappa shape index (κ1) is 11.1. The van der Waals surface area contributed by atoms with Crippen LogP contribution in [0.3, 0.4) is 0 Å². The highest BCUT2D eigenvalue weighted by atomic mass is 32.1. The van der Waals surface area contributed by atoms with Crippen LogP contribution in [0.1, 0.15) is 23.2 Å². The molecule has 0 aliphatic carbocycles. The highest BCUT2D eigenvalue weighted by molar-refractivity contribution is 7.09. The second-order valence-electron chi connectivity index (χ2n) is 3.66. The lowest BCUT2D eigenvalue weighted by atomic mass is 10.3. The molecule has 0 unspecified atom stereocenters. The van der Waals surface area contributed by atoms with Crippen LogP contribution < -0.4 is 5.32 Å². The van der Waals surface area contributed by atoms with Gasteiger partial charge in [-0.15, -0.1) is 11.3 Å². The molecular weight excluding hydrogens is 218 g/mol. The van der Waals surface area contributed by atoms with E-state index in [-0.39, 0.29) is 0 Å². The fraction of sp³-hybridized carbons (Fsp3) is 0.333. The van der Waals surface area contributed by atoms with Gasteiger partial charge in [-0.2, -0.15) is 0 Å². The third kappa shape index (κ3) is 2.79. The Morgan fingerprint density at radius 1 is 1.38 bits per heavy atom. The van der Waals surface area contributed by atoms with E-state index in [0.29, 0.717) is 0 Å². The number of pyridine rings is 1. The zero-order valence-electron chi connectivity index (χ0n) is 9.53. The molecule has 0 amide bonds. The van der Waals surface area contributed by atoms with Gasteiger partial charge >= 0.3 is 0 Å². The second-order valence-corrected chi connectivity index (χ2v) is 4.60. The first-order valence-electron chi connectivity index (χ1n) is 5.37. The maximum Gasteiger partial charge on any atom is 0.126 e. The van der Waals surface area contributed by atoms with Crippen LogP contribution in [-0.4, -0.2) is 9.97 Å². The number of hydrogen-bond donors (Lipinski definition) is 1. The third-order valence-electron chi connectivity index (χ3n) is 2.26. The van der Waals surface area contributed by atoms with Gasteiger partial charge in [-0.1, -0.05) is 13.0 Å². The highest BCUT2D eigenvalue weighted by Crippen LogP contribution is 2.12. The number of nitrogens with one attached hydrogen (secondary N) is 1. The van der Waals surface area contributed by atoms with Crippen molar-refractivity contribution in [3.05, 3.63) is 40.0 Å². The van der Waals surface area contributed by atoms with Gasteiger partial charge in [-0.05, 0) is 25.0 Å². The van der Waals surface area contributed by atoms with Gasteiger partial charge in [-0.25, -0.2) is 9.97 Å². The maximum atomic E-state index is 4.49. The Balaban J connectivity index is 1.94. The molecule has 2 heterocycles. The van der Waals surface area contributed by atoms with Gasteiger partial charge in [0.2, 0.25) is 0 Å². The average molecular weight is 233 g/mol. The van der Waals surface area contributed by atoms with Crippen molar-refractivity contribution in [2.24, 2.45) is 0 Å². The zero-order valence-corrected chi connectivity index (χ0v) is 10.3. The Labute approximate surface area is 99.6 Å². The lowest BCUT2D eigenvalue weighted by molar-refractivity contribution is 1.00. The number of anilines is 1. The summed E-state index contributed by atoms with van der Waals surface area (Å²) < 4.78 is 0. The standard InChI is InChI=1S/C12H15N3S/c1-3-12-15-10(8-16-12)7-14-11-5-4-9(2)6-13-11/h4-6,8H,3,7H2,1-2H3,(H,13,14). The minimum Gasteiger partial charge on any atom is -0.364 e. The van der Waals surface area contributed by atoms with E-state index >= 15 is 0 Å². The fourth-order valence-corrected chi connectivity index (χ4v) is 2.09. The summed E-state index contributed by atoms with van der Waals surface area (Å²) in [6, 6.07) is 4.04. The number of hydrogen-bond acceptors (Lipinski definition) is 4. The maximum absolute atomic E-state index is 4.49. The van der Waals surface area contributed by atoms with Crippen molar-refractivity contribution in [1.29, 1.82) is 0 Å². The molecule has 0 bridgehead atoms. The van der Waals surface area contributed by atoms with Crippen LogP contribution in [0.2, 0.25) is 0 Å². The van der Waals surface area contributed by atoms with E-state index in [1.54, 1.807) is 11.3 Å². The number of aryl methyl sites for hydroxylation is 2. The van der Waals surface area contributed by atoms with E-state index in [9.17, 15) is 0 Å². The van der Waals surface area contributed by atoms with E-state index in [2.05, 4.69) is 27.6 Å². The summed E-state index contributed by atoms with van der Waals surface area (Å²) in [5.41, 5.74) is 2.26. The summed E-state index contributed by atoms with van der Waals surface area (Å²) in [6.07, 6.45) is 2.87. The molecule has 2 rings (SSSR count). The number of nitrogens with zero attached hydrogens (tertiary/aromatic N) is 2. The van der Waals surface area contributed by atoms with Crippen LogP contribution in [0.15, 0.2) is 23.7 Å². The van der Waals surface area contributed by atoms with E-state index in [0.717, 1.165) is 24.5 Å². The smallest absolute Gasteiger partial charge is 0.126 e. The largest absolute Gasteiger partial charge is 0.364 e. The normalized spacial score (nSPS) is 10.4. The molecular formula is C12H15N3S. The summed E-state index contributed by atoms with van der Waals surface area (Å²) in [4.78, 5) is 8.77. The monoisotopic (exact) mass is 233 g/mol. The molecule has 0 aliphatic rings. The summed E-state index contributed by atoms with van der Waals surface area (Å²) in [5.74, 6) is 0.900. The molecule has 84 valence electrons. The molecule has 2 aromatic rings. The van der Waals surface area contributed by atoms with Crippen LogP contribution in [0.25, 0.3) is 0 Å². The minimum atomic E-state index is 0.743. The molecule has 1 N–H and O–H groups in total. The van der Waals surface area contributed by atoms with E-state index in [1.807, 2.05) is 25.3 Å². The van der Waals surface area contributed by atoms with Gasteiger partial charge < -0.3 is 5.32 Å². The molecule has 0 saturated heterocycles. The Hall–Kier alpha value is -1.42. The molecule has 3 nitrogen and oxygen atoms in total. The first-order chi connectivity index (χ1) is 7.78. The summed E-state index contributed by atoms with van der Waals surface area (Å²) >= 11 is 1.72. The van der Waals surface area contributed by atoms with Crippen LogP contribution in [0.4, 0.5) is 5.82 Å². The predicted octanol–water partition coefficient (Wildman–Crippen LogP) is 3.02. The molecule has 0 aromatic carbocycles. The van der Waals surface area contributed by atoms with E-state index in [1.165, 1.54) is 10.6 Å². The van der Waals surface area contributed by atoms with Crippen molar-refractivity contribution in [2.75, 3.05) is 5.32 Å². The third-order valence-corrected chi connectivity index (χ3v) is 3.31. The van der Waals surface area contributed by atoms with Crippen molar-refractivity contribution in [3.63, 3.8) is 0 Å². The predicted molar refractivity (Wildman–Crippen MR) is 67.8 cm³/mol. The Morgan fingerprint density at radius 3 is 2.88 bits per heavy atom. The Kier molecular flexibility index (Phi) is 3.51. The SMILES string of the molecule is CCc1nc(CNc2ccc(C)cn2)cs1. The lowest BCUT2D eigenvalue weighted by Crippen LogP contribution is -2.01. The molecule has 16 heavy (non-hydrogen) atoms. The highest BCUT2D eigenvalue weighted by Gasteiger charge is 2.00.